The molecule has 0 unspecified atom stereocenters. The molecule has 0 atom stereocenters. The van der Waals surface area contributed by atoms with Crippen molar-refractivity contribution in [2.45, 2.75) is 25.7 Å². The first kappa shape index (κ1) is 7.98. The van der Waals surface area contributed by atoms with Gasteiger partial charge in [-0.2, -0.15) is 0 Å². The largest absolute Gasteiger partial charge is 0.207 e. The van der Waals surface area contributed by atoms with Crippen LogP contribution in [0.15, 0.2) is 16.6 Å². The number of fused-ring (bicyclic) bond motifs is 1. The van der Waals surface area contributed by atoms with E-state index >= 15 is 0 Å². The highest BCUT2D eigenvalue weighted by atomic mass is 79.9. The Balaban J connectivity index is 2.12. The summed E-state index contributed by atoms with van der Waals surface area (Å²) in [7, 11) is 0. The average molecular weight is 241 g/mol. The van der Waals surface area contributed by atoms with Gasteiger partial charge < -0.3 is 0 Å². The molecule has 13 heavy (non-hydrogen) atoms. The highest BCUT2D eigenvalue weighted by molar-refractivity contribution is 9.10. The minimum atomic E-state index is -0.0202. The Morgan fingerprint density at radius 3 is 2.69 bits per heavy atom. The fraction of sp³-hybridized carbons (Fsp3) is 0.455. The van der Waals surface area contributed by atoms with Crippen LogP contribution in [-0.2, 0) is 12.8 Å². The van der Waals surface area contributed by atoms with Gasteiger partial charge in [0.05, 0.1) is 0 Å². The number of benzene rings is 1. The monoisotopic (exact) mass is 240 g/mol. The van der Waals surface area contributed by atoms with Gasteiger partial charge in [-0.3, -0.25) is 0 Å². The molecule has 3 rings (SSSR count). The first-order chi connectivity index (χ1) is 6.19. The lowest BCUT2D eigenvalue weighted by Crippen LogP contribution is -1.97. The van der Waals surface area contributed by atoms with Crippen LogP contribution in [0, 0.1) is 11.2 Å². The summed E-state index contributed by atoms with van der Waals surface area (Å²) in [5.41, 5.74) is 2.68. The molecule has 0 aromatic heterocycles. The Labute approximate surface area is 85.3 Å². The molecule has 2 heteroatoms. The van der Waals surface area contributed by atoms with Crippen molar-refractivity contribution in [3.05, 3.63) is 33.5 Å². The van der Waals surface area contributed by atoms with Gasteiger partial charge in [-0.05, 0) is 54.4 Å². The maximum atomic E-state index is 13.5. The first-order valence-corrected chi connectivity index (χ1v) is 5.45. The SMILES string of the molecule is Fc1cc(Br)cc2c1CC1(CC1)C2. The van der Waals surface area contributed by atoms with Crippen LogP contribution in [0.3, 0.4) is 0 Å². The fourth-order valence-corrected chi connectivity index (χ4v) is 2.86. The van der Waals surface area contributed by atoms with Crippen molar-refractivity contribution in [3.8, 4) is 0 Å². The summed E-state index contributed by atoms with van der Waals surface area (Å²) in [6.45, 7) is 0. The van der Waals surface area contributed by atoms with Crippen LogP contribution in [-0.4, -0.2) is 0 Å². The minimum Gasteiger partial charge on any atom is -0.207 e. The predicted molar refractivity (Wildman–Crippen MR) is 53.2 cm³/mol. The van der Waals surface area contributed by atoms with Crippen molar-refractivity contribution in [1.29, 1.82) is 0 Å². The molecule has 0 saturated heterocycles. The van der Waals surface area contributed by atoms with Gasteiger partial charge in [-0.1, -0.05) is 15.9 Å². The van der Waals surface area contributed by atoms with E-state index in [2.05, 4.69) is 22.0 Å². The van der Waals surface area contributed by atoms with Crippen molar-refractivity contribution in [2.75, 3.05) is 0 Å². The minimum absolute atomic E-state index is 0.0202. The second-order valence-electron chi connectivity index (χ2n) is 4.38. The summed E-state index contributed by atoms with van der Waals surface area (Å²) in [6.07, 6.45) is 4.65. The lowest BCUT2D eigenvalue weighted by Gasteiger charge is -2.00. The number of hydrogen-bond acceptors (Lipinski definition) is 0. The first-order valence-electron chi connectivity index (χ1n) is 4.65. The molecule has 0 aliphatic heterocycles. The van der Waals surface area contributed by atoms with Gasteiger partial charge in [-0.25, -0.2) is 4.39 Å². The summed E-state index contributed by atoms with van der Waals surface area (Å²) in [5, 5.41) is 0. The third-order valence-corrected chi connectivity index (χ3v) is 3.78. The topological polar surface area (TPSA) is 0 Å². The zero-order valence-electron chi connectivity index (χ0n) is 7.24. The average Bonchev–Trinajstić information content (AvgIpc) is 2.65. The van der Waals surface area contributed by atoms with Crippen LogP contribution < -0.4 is 0 Å². The molecule has 1 saturated carbocycles. The van der Waals surface area contributed by atoms with Crippen molar-refractivity contribution in [3.63, 3.8) is 0 Å². The molecule has 0 nitrogen and oxygen atoms in total. The van der Waals surface area contributed by atoms with Gasteiger partial charge in [0.1, 0.15) is 5.82 Å². The van der Waals surface area contributed by atoms with Crippen LogP contribution in [0.25, 0.3) is 0 Å². The summed E-state index contributed by atoms with van der Waals surface area (Å²) in [5.74, 6) is -0.0202. The van der Waals surface area contributed by atoms with E-state index in [1.54, 1.807) is 6.07 Å². The maximum Gasteiger partial charge on any atom is 0.127 e. The van der Waals surface area contributed by atoms with E-state index < -0.39 is 0 Å². The lowest BCUT2D eigenvalue weighted by atomic mass is 10.0. The standard InChI is InChI=1S/C11H10BrF/c12-8-3-7-5-11(1-2-11)6-9(7)10(13)4-8/h3-4H,1-2,5-6H2. The highest BCUT2D eigenvalue weighted by Gasteiger charge is 2.47. The quantitative estimate of drug-likeness (QED) is 0.652. The van der Waals surface area contributed by atoms with Gasteiger partial charge in [-0.15, -0.1) is 0 Å². The molecule has 68 valence electrons. The molecule has 0 amide bonds. The molecule has 0 N–H and O–H groups in total. The van der Waals surface area contributed by atoms with Gasteiger partial charge in [0, 0.05) is 4.47 Å². The zero-order chi connectivity index (χ0) is 9.05. The summed E-state index contributed by atoms with van der Waals surface area (Å²) in [4.78, 5) is 0. The third-order valence-electron chi connectivity index (χ3n) is 3.33. The van der Waals surface area contributed by atoms with E-state index in [1.807, 2.05) is 0 Å². The Morgan fingerprint density at radius 2 is 2.00 bits per heavy atom. The van der Waals surface area contributed by atoms with E-state index in [-0.39, 0.29) is 5.82 Å². The highest BCUT2D eigenvalue weighted by Crippen LogP contribution is 2.56. The number of hydrogen-bond donors (Lipinski definition) is 0. The molecule has 0 heterocycles. The molecule has 0 bridgehead atoms. The number of halogens is 2. The smallest absolute Gasteiger partial charge is 0.127 e. The molecular weight excluding hydrogens is 231 g/mol. The normalized spacial score (nSPS) is 22.0. The molecule has 0 radical (unpaired) electrons. The Hall–Kier alpha value is -0.370. The van der Waals surface area contributed by atoms with E-state index in [4.69, 9.17) is 0 Å². The van der Waals surface area contributed by atoms with Gasteiger partial charge in [0.25, 0.3) is 0 Å². The summed E-state index contributed by atoms with van der Waals surface area (Å²) < 4.78 is 14.4. The predicted octanol–water partition coefficient (Wildman–Crippen LogP) is 3.47. The van der Waals surface area contributed by atoms with E-state index in [9.17, 15) is 4.39 Å². The lowest BCUT2D eigenvalue weighted by molar-refractivity contribution is 0.535. The fourth-order valence-electron chi connectivity index (χ4n) is 2.38. The zero-order valence-corrected chi connectivity index (χ0v) is 8.83. The Kier molecular flexibility index (Phi) is 1.44. The van der Waals surface area contributed by atoms with Crippen LogP contribution in [0.1, 0.15) is 24.0 Å². The van der Waals surface area contributed by atoms with Crippen molar-refractivity contribution >= 4 is 15.9 Å². The third kappa shape index (κ3) is 1.15. The Bertz CT molecular complexity index is 380. The molecule has 2 aliphatic rings. The van der Waals surface area contributed by atoms with Crippen LogP contribution in [0.4, 0.5) is 4.39 Å². The van der Waals surface area contributed by atoms with Gasteiger partial charge >= 0.3 is 0 Å². The van der Waals surface area contributed by atoms with Crippen molar-refractivity contribution in [2.24, 2.45) is 5.41 Å². The second kappa shape index (κ2) is 2.35. The second-order valence-corrected chi connectivity index (χ2v) is 5.29. The van der Waals surface area contributed by atoms with Crippen LogP contribution in [0.2, 0.25) is 0 Å². The van der Waals surface area contributed by atoms with Crippen LogP contribution in [0.5, 0.6) is 0 Å². The van der Waals surface area contributed by atoms with E-state index in [0.717, 1.165) is 22.9 Å². The van der Waals surface area contributed by atoms with Gasteiger partial charge in [0.2, 0.25) is 0 Å². The van der Waals surface area contributed by atoms with Crippen molar-refractivity contribution in [1.82, 2.24) is 0 Å². The molecule has 1 aromatic carbocycles. The molecule has 2 aliphatic carbocycles. The Morgan fingerprint density at radius 1 is 1.23 bits per heavy atom. The van der Waals surface area contributed by atoms with E-state index in [1.165, 1.54) is 18.4 Å². The summed E-state index contributed by atoms with van der Waals surface area (Å²) in [6, 6.07) is 3.66. The molecular formula is C11H10BrF. The van der Waals surface area contributed by atoms with Crippen molar-refractivity contribution < 1.29 is 4.39 Å². The van der Waals surface area contributed by atoms with Crippen LogP contribution >= 0.6 is 15.9 Å². The molecule has 1 fully saturated rings. The summed E-state index contributed by atoms with van der Waals surface area (Å²) >= 11 is 3.33. The molecule has 1 spiro atoms. The number of rotatable bonds is 0. The van der Waals surface area contributed by atoms with Gasteiger partial charge in [0.15, 0.2) is 0 Å². The molecule has 1 aromatic rings. The van der Waals surface area contributed by atoms with E-state index in [0.29, 0.717) is 5.41 Å². The maximum absolute atomic E-state index is 13.5.